The predicted molar refractivity (Wildman–Crippen MR) is 63.7 cm³/mol. The zero-order chi connectivity index (χ0) is 11.6. The molecule has 4 nitrogen and oxygen atoms in total. The van der Waals surface area contributed by atoms with E-state index < -0.39 is 0 Å². The van der Waals surface area contributed by atoms with Crippen molar-refractivity contribution in [3.63, 3.8) is 0 Å². The fourth-order valence-electron chi connectivity index (χ4n) is 2.90. The number of nitrogens with two attached hydrogens (primary N) is 2. The highest BCUT2D eigenvalue weighted by Crippen LogP contribution is 2.49. The van der Waals surface area contributed by atoms with Crippen LogP contribution in [0.15, 0.2) is 0 Å². The molecule has 2 rings (SSSR count). The number of amides is 1. The largest absolute Gasteiger partial charge is 0.368 e. The summed E-state index contributed by atoms with van der Waals surface area (Å²) in [7, 11) is 0. The third kappa shape index (κ3) is 2.55. The summed E-state index contributed by atoms with van der Waals surface area (Å²) < 4.78 is 0. The van der Waals surface area contributed by atoms with Crippen molar-refractivity contribution < 1.29 is 4.79 Å². The van der Waals surface area contributed by atoms with Crippen molar-refractivity contribution in [2.75, 3.05) is 19.6 Å². The Kier molecular flexibility index (Phi) is 3.50. The van der Waals surface area contributed by atoms with Crippen molar-refractivity contribution in [1.29, 1.82) is 0 Å². The van der Waals surface area contributed by atoms with Gasteiger partial charge in [0.15, 0.2) is 0 Å². The molecule has 0 radical (unpaired) electrons. The molecular weight excluding hydrogens is 202 g/mol. The molecule has 4 N–H and O–H groups in total. The quantitative estimate of drug-likeness (QED) is 0.714. The number of likely N-dealkylation sites (tertiary alicyclic amines) is 1. The average molecular weight is 225 g/mol. The Morgan fingerprint density at radius 1 is 1.38 bits per heavy atom. The number of piperidine rings is 1. The highest BCUT2D eigenvalue weighted by atomic mass is 16.1. The lowest BCUT2D eigenvalue weighted by Gasteiger charge is -2.36. The molecule has 4 heteroatoms. The maximum Gasteiger partial charge on any atom is 0.234 e. The molecule has 1 saturated heterocycles. The molecule has 1 saturated carbocycles. The van der Waals surface area contributed by atoms with Gasteiger partial charge in [-0.1, -0.05) is 6.42 Å². The van der Waals surface area contributed by atoms with Gasteiger partial charge in [-0.3, -0.25) is 9.69 Å². The van der Waals surface area contributed by atoms with Crippen LogP contribution in [0.3, 0.4) is 0 Å². The maximum atomic E-state index is 11.4. The molecule has 0 aromatic carbocycles. The van der Waals surface area contributed by atoms with E-state index in [4.69, 9.17) is 11.5 Å². The molecule has 0 spiro atoms. The van der Waals surface area contributed by atoms with Gasteiger partial charge in [-0.05, 0) is 50.6 Å². The van der Waals surface area contributed by atoms with E-state index in [1.807, 2.05) is 0 Å². The van der Waals surface area contributed by atoms with E-state index in [0.29, 0.717) is 5.41 Å². The topological polar surface area (TPSA) is 72.3 Å². The first-order valence-corrected chi connectivity index (χ1v) is 6.40. The van der Waals surface area contributed by atoms with Gasteiger partial charge in [0.2, 0.25) is 5.91 Å². The van der Waals surface area contributed by atoms with Crippen LogP contribution in [0.2, 0.25) is 0 Å². The molecule has 0 aromatic rings. The maximum absolute atomic E-state index is 11.4. The van der Waals surface area contributed by atoms with Gasteiger partial charge in [-0.15, -0.1) is 0 Å². The van der Waals surface area contributed by atoms with Crippen LogP contribution in [0.1, 0.15) is 38.5 Å². The molecule has 92 valence electrons. The van der Waals surface area contributed by atoms with Gasteiger partial charge in [0.05, 0.1) is 6.04 Å². The van der Waals surface area contributed by atoms with Crippen LogP contribution in [0.25, 0.3) is 0 Å². The zero-order valence-corrected chi connectivity index (χ0v) is 9.95. The van der Waals surface area contributed by atoms with Gasteiger partial charge in [0.25, 0.3) is 0 Å². The second-order valence-electron chi connectivity index (χ2n) is 5.42. The Bertz CT molecular complexity index is 263. The average Bonchev–Trinajstić information content (AvgIpc) is 2.99. The van der Waals surface area contributed by atoms with Crippen LogP contribution in [0.4, 0.5) is 0 Å². The Labute approximate surface area is 97.3 Å². The predicted octanol–water partition coefficient (Wildman–Crippen LogP) is 0.455. The van der Waals surface area contributed by atoms with Crippen molar-refractivity contribution in [2.45, 2.75) is 44.6 Å². The number of carbonyl (C=O) groups is 1. The molecule has 1 aliphatic carbocycles. The van der Waals surface area contributed by atoms with E-state index in [-0.39, 0.29) is 11.9 Å². The normalized spacial score (nSPS) is 28.9. The van der Waals surface area contributed by atoms with Crippen molar-refractivity contribution in [1.82, 2.24) is 4.90 Å². The molecule has 0 aromatic heterocycles. The third-order valence-corrected chi connectivity index (χ3v) is 4.11. The third-order valence-electron chi connectivity index (χ3n) is 4.11. The minimum Gasteiger partial charge on any atom is -0.368 e. The smallest absolute Gasteiger partial charge is 0.234 e. The summed E-state index contributed by atoms with van der Waals surface area (Å²) in [4.78, 5) is 13.7. The molecule has 1 aliphatic heterocycles. The first kappa shape index (κ1) is 11.9. The Morgan fingerprint density at radius 3 is 2.69 bits per heavy atom. The minimum atomic E-state index is -0.150. The van der Waals surface area contributed by atoms with Crippen molar-refractivity contribution in [2.24, 2.45) is 16.9 Å². The van der Waals surface area contributed by atoms with Gasteiger partial charge in [0.1, 0.15) is 0 Å². The first-order chi connectivity index (χ1) is 7.67. The molecule has 2 aliphatic rings. The van der Waals surface area contributed by atoms with Gasteiger partial charge in [-0.25, -0.2) is 0 Å². The lowest BCUT2D eigenvalue weighted by Crippen LogP contribution is -2.49. The van der Waals surface area contributed by atoms with Gasteiger partial charge in [0, 0.05) is 6.54 Å². The Morgan fingerprint density at radius 2 is 2.12 bits per heavy atom. The van der Waals surface area contributed by atoms with Crippen LogP contribution in [-0.4, -0.2) is 36.5 Å². The monoisotopic (exact) mass is 225 g/mol. The van der Waals surface area contributed by atoms with Gasteiger partial charge < -0.3 is 11.5 Å². The van der Waals surface area contributed by atoms with E-state index in [1.165, 1.54) is 19.3 Å². The van der Waals surface area contributed by atoms with Crippen LogP contribution in [0.5, 0.6) is 0 Å². The second-order valence-corrected chi connectivity index (χ2v) is 5.42. The van der Waals surface area contributed by atoms with Crippen LogP contribution < -0.4 is 11.5 Å². The molecule has 2 fully saturated rings. The highest BCUT2D eigenvalue weighted by Gasteiger charge is 2.44. The Hall–Kier alpha value is -0.610. The fraction of sp³-hybridized carbons (Fsp3) is 0.917. The van der Waals surface area contributed by atoms with Crippen molar-refractivity contribution in [3.05, 3.63) is 0 Å². The molecule has 1 heterocycles. The number of nitrogens with zero attached hydrogens (tertiary/aromatic N) is 1. The SMILES string of the molecule is NCCC1(CN2CCCCC2C(N)=O)CC1. The van der Waals surface area contributed by atoms with E-state index in [9.17, 15) is 4.79 Å². The number of hydrogen-bond donors (Lipinski definition) is 2. The van der Waals surface area contributed by atoms with Gasteiger partial charge in [-0.2, -0.15) is 0 Å². The number of primary amides is 1. The van der Waals surface area contributed by atoms with Crippen molar-refractivity contribution >= 4 is 5.91 Å². The Balaban J connectivity index is 1.93. The fourth-order valence-corrected chi connectivity index (χ4v) is 2.90. The molecule has 1 amide bonds. The summed E-state index contributed by atoms with van der Waals surface area (Å²) in [6, 6.07) is -0.0241. The van der Waals surface area contributed by atoms with E-state index in [2.05, 4.69) is 4.90 Å². The number of carbonyl (C=O) groups excluding carboxylic acids is 1. The lowest BCUT2D eigenvalue weighted by molar-refractivity contribution is -0.124. The molecule has 16 heavy (non-hydrogen) atoms. The molecule has 1 unspecified atom stereocenters. The minimum absolute atomic E-state index is 0.0241. The summed E-state index contributed by atoms with van der Waals surface area (Å²) in [6.45, 7) is 2.81. The summed E-state index contributed by atoms with van der Waals surface area (Å²) in [6.07, 6.45) is 6.90. The summed E-state index contributed by atoms with van der Waals surface area (Å²) in [5, 5.41) is 0. The van der Waals surface area contributed by atoms with E-state index >= 15 is 0 Å². The number of hydrogen-bond acceptors (Lipinski definition) is 3. The standard InChI is InChI=1S/C12H23N3O/c13-7-6-12(4-5-12)9-15-8-2-1-3-10(15)11(14)16/h10H,1-9,13H2,(H2,14,16). The van der Waals surface area contributed by atoms with Crippen LogP contribution in [-0.2, 0) is 4.79 Å². The number of rotatable bonds is 5. The lowest BCUT2D eigenvalue weighted by atomic mass is 9.96. The summed E-state index contributed by atoms with van der Waals surface area (Å²) >= 11 is 0. The summed E-state index contributed by atoms with van der Waals surface area (Å²) in [5.74, 6) is -0.150. The van der Waals surface area contributed by atoms with Crippen molar-refractivity contribution in [3.8, 4) is 0 Å². The molecule has 0 bridgehead atoms. The van der Waals surface area contributed by atoms with Crippen LogP contribution in [0, 0.1) is 5.41 Å². The second kappa shape index (κ2) is 4.72. The highest BCUT2D eigenvalue weighted by molar-refractivity contribution is 5.79. The zero-order valence-electron chi connectivity index (χ0n) is 9.95. The first-order valence-electron chi connectivity index (χ1n) is 6.40. The molecule has 1 atom stereocenters. The van der Waals surface area contributed by atoms with E-state index in [1.54, 1.807) is 0 Å². The molecular formula is C12H23N3O. The van der Waals surface area contributed by atoms with Crippen LogP contribution >= 0.6 is 0 Å². The van der Waals surface area contributed by atoms with Gasteiger partial charge >= 0.3 is 0 Å². The summed E-state index contributed by atoms with van der Waals surface area (Å²) in [5.41, 5.74) is 11.5. The van der Waals surface area contributed by atoms with E-state index in [0.717, 1.165) is 38.9 Å².